The van der Waals surface area contributed by atoms with Gasteiger partial charge >= 0.3 is 0 Å². The summed E-state index contributed by atoms with van der Waals surface area (Å²) < 4.78 is 21.5. The number of rotatable bonds is 9. The van der Waals surface area contributed by atoms with Gasteiger partial charge in [0.15, 0.2) is 11.5 Å². The Kier molecular flexibility index (Phi) is 8.32. The molecule has 166 valence electrons. The number of carbonyl (C=O) groups is 1. The van der Waals surface area contributed by atoms with Gasteiger partial charge < -0.3 is 24.3 Å². The van der Waals surface area contributed by atoms with Crippen molar-refractivity contribution in [2.75, 3.05) is 54.2 Å². The van der Waals surface area contributed by atoms with Crippen LogP contribution in [0.1, 0.15) is 17.2 Å². The molecule has 2 aromatic rings. The number of ether oxygens (including phenoxy) is 4. The normalized spacial score (nSPS) is 15.5. The predicted molar refractivity (Wildman–Crippen MR) is 120 cm³/mol. The Hall–Kier alpha value is -3.03. The Morgan fingerprint density at radius 2 is 1.74 bits per heavy atom. The third-order valence-corrected chi connectivity index (χ3v) is 5.29. The van der Waals surface area contributed by atoms with Gasteiger partial charge in [-0.3, -0.25) is 9.69 Å². The fourth-order valence-corrected chi connectivity index (χ4v) is 3.55. The first kappa shape index (κ1) is 22.7. The first-order valence-corrected chi connectivity index (χ1v) is 10.3. The molecule has 1 aliphatic heterocycles. The molecule has 0 bridgehead atoms. The minimum atomic E-state index is -0.144. The van der Waals surface area contributed by atoms with Gasteiger partial charge in [-0.1, -0.05) is 18.2 Å². The number of hydrogen-bond donors (Lipinski definition) is 1. The molecule has 1 atom stereocenters. The Morgan fingerprint density at radius 3 is 2.39 bits per heavy atom. The average molecular weight is 427 g/mol. The quantitative estimate of drug-likeness (QED) is 0.622. The lowest BCUT2D eigenvalue weighted by atomic mass is 10.0. The molecule has 1 unspecified atom stereocenters. The van der Waals surface area contributed by atoms with Crippen LogP contribution in [0.5, 0.6) is 17.2 Å². The lowest BCUT2D eigenvalue weighted by Crippen LogP contribution is -2.43. The molecule has 1 aliphatic rings. The number of hydrogen-bond acceptors (Lipinski definition) is 6. The highest BCUT2D eigenvalue weighted by Crippen LogP contribution is 2.32. The Labute approximate surface area is 183 Å². The molecular formula is C24H30N2O5. The van der Waals surface area contributed by atoms with Crippen molar-refractivity contribution in [2.45, 2.75) is 6.04 Å². The van der Waals surface area contributed by atoms with E-state index in [9.17, 15) is 4.79 Å². The summed E-state index contributed by atoms with van der Waals surface area (Å²) in [6.07, 6.45) is 3.34. The van der Waals surface area contributed by atoms with Gasteiger partial charge in [0.05, 0.1) is 40.6 Å². The molecule has 0 radical (unpaired) electrons. The van der Waals surface area contributed by atoms with E-state index in [1.54, 1.807) is 33.5 Å². The lowest BCUT2D eigenvalue weighted by Gasteiger charge is -2.35. The van der Waals surface area contributed by atoms with Crippen LogP contribution < -0.4 is 19.5 Å². The van der Waals surface area contributed by atoms with E-state index in [1.807, 2.05) is 42.5 Å². The van der Waals surface area contributed by atoms with E-state index in [0.717, 1.165) is 30.0 Å². The highest BCUT2D eigenvalue weighted by atomic mass is 16.5. The molecule has 0 spiro atoms. The topological polar surface area (TPSA) is 69.3 Å². The summed E-state index contributed by atoms with van der Waals surface area (Å²) in [6, 6.07) is 13.4. The lowest BCUT2D eigenvalue weighted by molar-refractivity contribution is -0.116. The van der Waals surface area contributed by atoms with E-state index < -0.39 is 0 Å². The van der Waals surface area contributed by atoms with Crippen molar-refractivity contribution in [3.05, 3.63) is 59.7 Å². The number of nitrogens with one attached hydrogen (secondary N) is 1. The molecule has 1 amide bonds. The second kappa shape index (κ2) is 11.4. The number of benzene rings is 2. The summed E-state index contributed by atoms with van der Waals surface area (Å²) in [5.41, 5.74) is 1.99. The van der Waals surface area contributed by atoms with Gasteiger partial charge in [-0.25, -0.2) is 0 Å². The fraction of sp³-hybridized carbons (Fsp3) is 0.375. The molecular weight excluding hydrogens is 396 g/mol. The van der Waals surface area contributed by atoms with Gasteiger partial charge in [-0.05, 0) is 41.5 Å². The SMILES string of the molecule is COc1ccc(/C=C/C(=O)NCC(c2ccc(OC)c(OC)c2)N2CCOCC2)cc1. The number of morpholine rings is 1. The highest BCUT2D eigenvalue weighted by molar-refractivity contribution is 5.91. The Balaban J connectivity index is 1.69. The number of nitrogens with zero attached hydrogens (tertiary/aromatic N) is 1. The third kappa shape index (κ3) is 6.23. The molecule has 0 aromatic heterocycles. The van der Waals surface area contributed by atoms with E-state index in [1.165, 1.54) is 0 Å². The molecule has 0 aliphatic carbocycles. The van der Waals surface area contributed by atoms with Gasteiger partial charge in [0.2, 0.25) is 5.91 Å². The van der Waals surface area contributed by atoms with Crippen LogP contribution in [0.3, 0.4) is 0 Å². The van der Waals surface area contributed by atoms with Gasteiger partial charge in [0.1, 0.15) is 5.75 Å². The van der Waals surface area contributed by atoms with E-state index in [0.29, 0.717) is 31.3 Å². The molecule has 0 saturated carbocycles. The molecule has 1 N–H and O–H groups in total. The van der Waals surface area contributed by atoms with Gasteiger partial charge in [0.25, 0.3) is 0 Å². The number of methoxy groups -OCH3 is 3. The molecule has 1 saturated heterocycles. The molecule has 2 aromatic carbocycles. The fourth-order valence-electron chi connectivity index (χ4n) is 3.55. The van der Waals surface area contributed by atoms with Crippen LogP contribution in [0.15, 0.2) is 48.5 Å². The van der Waals surface area contributed by atoms with Crippen LogP contribution in [0.2, 0.25) is 0 Å². The maximum atomic E-state index is 12.5. The summed E-state index contributed by atoms with van der Waals surface area (Å²) in [7, 11) is 4.87. The summed E-state index contributed by atoms with van der Waals surface area (Å²) in [4.78, 5) is 14.8. The van der Waals surface area contributed by atoms with E-state index in [4.69, 9.17) is 18.9 Å². The molecule has 1 heterocycles. The van der Waals surface area contributed by atoms with Crippen LogP contribution in [0, 0.1) is 0 Å². The summed E-state index contributed by atoms with van der Waals surface area (Å²) in [5, 5.41) is 3.03. The van der Waals surface area contributed by atoms with Crippen LogP contribution in [-0.4, -0.2) is 65.0 Å². The maximum Gasteiger partial charge on any atom is 0.244 e. The zero-order valence-electron chi connectivity index (χ0n) is 18.3. The summed E-state index contributed by atoms with van der Waals surface area (Å²) in [6.45, 7) is 3.43. The number of carbonyl (C=O) groups excluding carboxylic acids is 1. The molecule has 3 rings (SSSR count). The van der Waals surface area contributed by atoms with Crippen molar-refractivity contribution in [1.82, 2.24) is 10.2 Å². The van der Waals surface area contributed by atoms with Crippen molar-refractivity contribution < 1.29 is 23.7 Å². The van der Waals surface area contributed by atoms with Crippen LogP contribution in [0.25, 0.3) is 6.08 Å². The third-order valence-electron chi connectivity index (χ3n) is 5.29. The summed E-state index contributed by atoms with van der Waals surface area (Å²) in [5.74, 6) is 1.99. The van der Waals surface area contributed by atoms with Crippen molar-refractivity contribution >= 4 is 12.0 Å². The predicted octanol–water partition coefficient (Wildman–Crippen LogP) is 2.92. The zero-order chi connectivity index (χ0) is 22.1. The minimum Gasteiger partial charge on any atom is -0.497 e. The van der Waals surface area contributed by atoms with Crippen LogP contribution in [0.4, 0.5) is 0 Å². The largest absolute Gasteiger partial charge is 0.497 e. The molecule has 31 heavy (non-hydrogen) atoms. The standard InChI is InChI=1S/C24H30N2O5/c1-28-20-8-4-18(5-9-20)6-11-24(27)25-17-21(26-12-14-31-15-13-26)19-7-10-22(29-2)23(16-19)30-3/h4-11,16,21H,12-15,17H2,1-3H3,(H,25,27)/b11-6+. The van der Waals surface area contributed by atoms with Gasteiger partial charge in [0, 0.05) is 25.7 Å². The van der Waals surface area contributed by atoms with E-state index in [2.05, 4.69) is 10.2 Å². The van der Waals surface area contributed by atoms with Crippen LogP contribution >= 0.6 is 0 Å². The maximum absolute atomic E-state index is 12.5. The second-order valence-corrected chi connectivity index (χ2v) is 7.13. The second-order valence-electron chi connectivity index (χ2n) is 7.13. The van der Waals surface area contributed by atoms with Crippen LogP contribution in [-0.2, 0) is 9.53 Å². The molecule has 7 nitrogen and oxygen atoms in total. The van der Waals surface area contributed by atoms with Crippen molar-refractivity contribution in [3.8, 4) is 17.2 Å². The average Bonchev–Trinajstić information content (AvgIpc) is 2.83. The summed E-state index contributed by atoms with van der Waals surface area (Å²) >= 11 is 0. The van der Waals surface area contributed by atoms with Gasteiger partial charge in [-0.15, -0.1) is 0 Å². The molecule has 7 heteroatoms. The first-order valence-electron chi connectivity index (χ1n) is 10.3. The Bertz CT molecular complexity index is 876. The zero-order valence-corrected chi connectivity index (χ0v) is 18.3. The number of amides is 1. The van der Waals surface area contributed by atoms with E-state index >= 15 is 0 Å². The van der Waals surface area contributed by atoms with Crippen molar-refractivity contribution in [1.29, 1.82) is 0 Å². The van der Waals surface area contributed by atoms with E-state index in [-0.39, 0.29) is 11.9 Å². The minimum absolute atomic E-state index is 0.00189. The monoisotopic (exact) mass is 426 g/mol. The van der Waals surface area contributed by atoms with Gasteiger partial charge in [-0.2, -0.15) is 0 Å². The first-order chi connectivity index (χ1) is 15.1. The van der Waals surface area contributed by atoms with Crippen molar-refractivity contribution in [2.24, 2.45) is 0 Å². The smallest absolute Gasteiger partial charge is 0.244 e. The highest BCUT2D eigenvalue weighted by Gasteiger charge is 2.24. The van der Waals surface area contributed by atoms with Crippen molar-refractivity contribution in [3.63, 3.8) is 0 Å². The Morgan fingerprint density at radius 1 is 1.03 bits per heavy atom. The molecule has 1 fully saturated rings.